The number of methoxy groups -OCH3 is 3. The Kier molecular flexibility index (Phi) is 10.6. The highest BCUT2D eigenvalue weighted by atomic mass is 35.5. The molecule has 1 aliphatic rings. The van der Waals surface area contributed by atoms with Gasteiger partial charge in [0.15, 0.2) is 5.82 Å². The van der Waals surface area contributed by atoms with Crippen LogP contribution < -0.4 is 30.0 Å². The monoisotopic (exact) mass is 680 g/mol. The molecule has 0 radical (unpaired) electrons. The summed E-state index contributed by atoms with van der Waals surface area (Å²) in [6, 6.07) is 7.15. The Morgan fingerprint density at radius 1 is 0.936 bits per heavy atom. The van der Waals surface area contributed by atoms with Gasteiger partial charge >= 0.3 is 0 Å². The lowest BCUT2D eigenvalue weighted by molar-refractivity contribution is -0.116. The molecule has 1 fully saturated rings. The zero-order chi connectivity index (χ0) is 33.8. The highest BCUT2D eigenvalue weighted by molar-refractivity contribution is 6.41. The zero-order valence-corrected chi connectivity index (χ0v) is 28.7. The average molecular weight is 682 g/mol. The summed E-state index contributed by atoms with van der Waals surface area (Å²) in [7, 11) is 4.55. The van der Waals surface area contributed by atoms with E-state index < -0.39 is 0 Å². The molecule has 248 valence electrons. The first-order valence-corrected chi connectivity index (χ1v) is 16.0. The molecule has 1 saturated heterocycles. The molecule has 0 saturated carbocycles. The molecule has 1 aliphatic heterocycles. The van der Waals surface area contributed by atoms with Crippen molar-refractivity contribution < 1.29 is 19.0 Å². The second kappa shape index (κ2) is 14.6. The van der Waals surface area contributed by atoms with Crippen LogP contribution in [0.5, 0.6) is 17.2 Å². The van der Waals surface area contributed by atoms with Crippen LogP contribution in [0.25, 0.3) is 33.5 Å². The van der Waals surface area contributed by atoms with Gasteiger partial charge in [0.25, 0.3) is 5.56 Å². The molecule has 2 aromatic heterocycles. The fourth-order valence-electron chi connectivity index (χ4n) is 5.84. The second-order valence-electron chi connectivity index (χ2n) is 10.9. The predicted molar refractivity (Wildman–Crippen MR) is 186 cm³/mol. The SMILES string of the molecule is C=CC(=O)NCc1cc(-c2ncc3cc(-c4c(Cl)c(OC)cc(OC)c4Cl)c(=O)n(CC)c3n2)c(OC)cc1N1CCN(CC)CC1. The minimum Gasteiger partial charge on any atom is -0.496 e. The predicted octanol–water partition coefficient (Wildman–Crippen LogP) is 5.42. The number of carbonyl (C=O) groups excluding carboxylic acids is 1. The van der Waals surface area contributed by atoms with Crippen molar-refractivity contribution in [1.82, 2.24) is 24.8 Å². The quantitative estimate of drug-likeness (QED) is 0.208. The molecule has 4 aromatic rings. The molecule has 2 aromatic carbocycles. The molecule has 1 amide bonds. The van der Waals surface area contributed by atoms with E-state index in [2.05, 4.69) is 28.6 Å². The molecule has 13 heteroatoms. The molecule has 47 heavy (non-hydrogen) atoms. The molecular weight excluding hydrogens is 643 g/mol. The molecular formula is C34H38Cl2N6O5. The van der Waals surface area contributed by atoms with Crippen molar-refractivity contribution in [3.8, 4) is 39.8 Å². The number of amides is 1. The van der Waals surface area contributed by atoms with Crippen molar-refractivity contribution in [2.45, 2.75) is 26.9 Å². The smallest absolute Gasteiger partial charge is 0.260 e. The average Bonchev–Trinajstić information content (AvgIpc) is 3.10. The lowest BCUT2D eigenvalue weighted by Gasteiger charge is -2.36. The maximum atomic E-state index is 14.0. The molecule has 5 rings (SSSR count). The maximum absolute atomic E-state index is 14.0. The van der Waals surface area contributed by atoms with E-state index in [-0.39, 0.29) is 33.6 Å². The minimum absolute atomic E-state index is 0.187. The normalized spacial score (nSPS) is 13.5. The van der Waals surface area contributed by atoms with Gasteiger partial charge in [-0.1, -0.05) is 36.7 Å². The summed E-state index contributed by atoms with van der Waals surface area (Å²) in [4.78, 5) is 40.5. The largest absolute Gasteiger partial charge is 0.496 e. The van der Waals surface area contributed by atoms with Crippen LogP contribution in [0.15, 0.2) is 47.9 Å². The fourth-order valence-corrected chi connectivity index (χ4v) is 6.54. The van der Waals surface area contributed by atoms with Crippen molar-refractivity contribution in [2.24, 2.45) is 0 Å². The Labute approximate surface area is 283 Å². The molecule has 3 heterocycles. The summed E-state index contributed by atoms with van der Waals surface area (Å²) >= 11 is 13.4. The van der Waals surface area contributed by atoms with Crippen molar-refractivity contribution >= 4 is 45.8 Å². The van der Waals surface area contributed by atoms with Crippen molar-refractivity contribution in [3.05, 3.63) is 69.1 Å². The van der Waals surface area contributed by atoms with E-state index in [1.807, 2.05) is 19.1 Å². The Morgan fingerprint density at radius 3 is 2.17 bits per heavy atom. The number of hydrogen-bond donors (Lipinski definition) is 1. The van der Waals surface area contributed by atoms with Gasteiger partial charge in [0.1, 0.15) is 22.9 Å². The van der Waals surface area contributed by atoms with Crippen molar-refractivity contribution in [2.75, 3.05) is 59.0 Å². The van der Waals surface area contributed by atoms with E-state index in [1.54, 1.807) is 30.0 Å². The first-order chi connectivity index (χ1) is 22.7. The van der Waals surface area contributed by atoms with Crippen LogP contribution >= 0.6 is 23.2 Å². The minimum atomic E-state index is -0.342. The number of pyridine rings is 1. The number of likely N-dealkylation sites (N-methyl/N-ethyl adjacent to an activating group) is 1. The van der Waals surface area contributed by atoms with Crippen LogP contribution in [0.2, 0.25) is 10.0 Å². The number of fused-ring (bicyclic) bond motifs is 1. The second-order valence-corrected chi connectivity index (χ2v) is 11.6. The summed E-state index contributed by atoms with van der Waals surface area (Å²) in [5.41, 5.74) is 3.10. The number of nitrogens with zero attached hydrogens (tertiary/aromatic N) is 5. The Bertz CT molecular complexity index is 1860. The number of aromatic nitrogens is 3. The standard InChI is InChI=1S/C34H38Cl2N6O5/c1-7-28(43)37-18-20-14-22(25(45-4)16-24(20)41-12-10-40(8-2)11-13-41)32-38-19-21-15-23(34(44)42(9-3)33(21)39-32)29-30(35)26(46-5)17-27(47-6)31(29)36/h7,14-17,19H,1,8-13,18H2,2-6H3,(H,37,43). The van der Waals surface area contributed by atoms with Gasteiger partial charge in [-0.15, -0.1) is 0 Å². The lowest BCUT2D eigenvalue weighted by atomic mass is 10.0. The molecule has 0 atom stereocenters. The van der Waals surface area contributed by atoms with Crippen LogP contribution in [0, 0.1) is 0 Å². The third-order valence-corrected chi connectivity index (χ3v) is 9.18. The van der Waals surface area contributed by atoms with Gasteiger partial charge in [0.2, 0.25) is 5.91 Å². The molecule has 11 nitrogen and oxygen atoms in total. The van der Waals surface area contributed by atoms with Crippen LogP contribution in [-0.4, -0.2) is 79.4 Å². The van der Waals surface area contributed by atoms with Gasteiger partial charge in [-0.2, -0.15) is 0 Å². The highest BCUT2D eigenvalue weighted by Crippen LogP contribution is 2.45. The van der Waals surface area contributed by atoms with Crippen LogP contribution in [0.1, 0.15) is 19.4 Å². The van der Waals surface area contributed by atoms with Gasteiger partial charge in [0.05, 0.1) is 42.5 Å². The van der Waals surface area contributed by atoms with E-state index in [1.165, 1.54) is 20.3 Å². The third kappa shape index (κ3) is 6.60. The summed E-state index contributed by atoms with van der Waals surface area (Å²) in [5.74, 6) is 1.30. The number of benzene rings is 2. The highest BCUT2D eigenvalue weighted by Gasteiger charge is 2.25. The number of ether oxygens (including phenoxy) is 3. The first kappa shape index (κ1) is 34.0. The number of piperazine rings is 1. The number of hydrogen-bond acceptors (Lipinski definition) is 9. The number of halogens is 2. The Balaban J connectivity index is 1.66. The third-order valence-electron chi connectivity index (χ3n) is 8.43. The van der Waals surface area contributed by atoms with E-state index in [4.69, 9.17) is 47.4 Å². The van der Waals surface area contributed by atoms with Gasteiger partial charge in [-0.05, 0) is 37.2 Å². The number of aryl methyl sites for hydroxylation is 1. The van der Waals surface area contributed by atoms with Gasteiger partial charge in [-0.25, -0.2) is 9.97 Å². The van der Waals surface area contributed by atoms with E-state index in [0.717, 1.165) is 44.0 Å². The number of rotatable bonds is 11. The van der Waals surface area contributed by atoms with Crippen LogP contribution in [0.4, 0.5) is 5.69 Å². The molecule has 1 N–H and O–H groups in total. The summed E-state index contributed by atoms with van der Waals surface area (Å²) in [6.45, 7) is 12.7. The molecule has 0 unspecified atom stereocenters. The topological polar surface area (TPSA) is 111 Å². The molecule has 0 bridgehead atoms. The lowest BCUT2D eigenvalue weighted by Crippen LogP contribution is -2.46. The van der Waals surface area contributed by atoms with E-state index in [9.17, 15) is 9.59 Å². The molecule has 0 aliphatic carbocycles. The summed E-state index contributed by atoms with van der Waals surface area (Å²) in [6.07, 6.45) is 2.90. The Hall–Kier alpha value is -4.32. The summed E-state index contributed by atoms with van der Waals surface area (Å²) in [5, 5.41) is 3.88. The van der Waals surface area contributed by atoms with Gasteiger partial charge in [-0.3, -0.25) is 14.2 Å². The number of carbonyl (C=O) groups is 1. The molecule has 0 spiro atoms. The maximum Gasteiger partial charge on any atom is 0.260 e. The van der Waals surface area contributed by atoms with E-state index in [0.29, 0.717) is 51.8 Å². The van der Waals surface area contributed by atoms with Gasteiger partial charge < -0.3 is 29.3 Å². The van der Waals surface area contributed by atoms with Crippen molar-refractivity contribution in [1.29, 1.82) is 0 Å². The first-order valence-electron chi connectivity index (χ1n) is 15.3. The van der Waals surface area contributed by atoms with Gasteiger partial charge in [0, 0.05) is 74.2 Å². The van der Waals surface area contributed by atoms with Crippen LogP contribution in [-0.2, 0) is 17.9 Å². The zero-order valence-electron chi connectivity index (χ0n) is 27.2. The van der Waals surface area contributed by atoms with E-state index >= 15 is 0 Å². The number of anilines is 1. The fraction of sp³-hybridized carbons (Fsp3) is 0.353. The Morgan fingerprint density at radius 2 is 1.60 bits per heavy atom. The van der Waals surface area contributed by atoms with Crippen molar-refractivity contribution in [3.63, 3.8) is 0 Å². The summed E-state index contributed by atoms with van der Waals surface area (Å²) < 4.78 is 18.3. The van der Waals surface area contributed by atoms with Crippen LogP contribution in [0.3, 0.4) is 0 Å². The number of nitrogens with one attached hydrogen (secondary N) is 1.